The molecule has 0 saturated heterocycles. The zero-order valence-corrected chi connectivity index (χ0v) is 19.2. The number of carbonyl (C=O) groups is 5. The number of nitrogens with zero attached hydrogens (tertiary/aromatic N) is 1. The van der Waals surface area contributed by atoms with Crippen LogP contribution in [0.3, 0.4) is 0 Å². The van der Waals surface area contributed by atoms with Gasteiger partial charge in [0.2, 0.25) is 17.7 Å². The molecule has 0 aliphatic rings. The molecule has 0 bridgehead atoms. The fourth-order valence-corrected chi connectivity index (χ4v) is 3.17. The normalized spacial score (nSPS) is 14.4. The maximum Gasteiger partial charge on any atom is 0.325 e. The Hall–Kier alpha value is -3.13. The Morgan fingerprint density at radius 3 is 2.21 bits per heavy atom. The van der Waals surface area contributed by atoms with Crippen LogP contribution >= 0.6 is 11.8 Å². The van der Waals surface area contributed by atoms with E-state index in [1.54, 1.807) is 6.26 Å². The molecule has 14 heteroatoms. The first-order chi connectivity index (χ1) is 15.5. The van der Waals surface area contributed by atoms with Gasteiger partial charge in [-0.3, -0.25) is 24.0 Å². The molecule has 0 radical (unpaired) electrons. The molecule has 0 aliphatic carbocycles. The SMILES string of the molecule is CSCCC(NC(=O)C(CCC(=O)O)NC(=O)C(N)Cc1cnc[nH]1)C(=O)NC(C)C(=O)O. The predicted octanol–water partition coefficient (Wildman–Crippen LogP) is -1.54. The molecule has 1 heterocycles. The van der Waals surface area contributed by atoms with E-state index in [9.17, 15) is 24.0 Å². The number of imidazole rings is 1. The highest BCUT2D eigenvalue weighted by Crippen LogP contribution is 2.06. The van der Waals surface area contributed by atoms with Gasteiger partial charge in [0.1, 0.15) is 18.1 Å². The van der Waals surface area contributed by atoms with Gasteiger partial charge in [-0.2, -0.15) is 11.8 Å². The molecular formula is C19H30N6O7S. The van der Waals surface area contributed by atoms with E-state index in [0.29, 0.717) is 11.4 Å². The van der Waals surface area contributed by atoms with Crippen LogP contribution < -0.4 is 21.7 Å². The van der Waals surface area contributed by atoms with Gasteiger partial charge in [0.05, 0.1) is 12.4 Å². The highest BCUT2D eigenvalue weighted by Gasteiger charge is 2.29. The van der Waals surface area contributed by atoms with E-state index in [-0.39, 0.29) is 19.3 Å². The highest BCUT2D eigenvalue weighted by molar-refractivity contribution is 7.98. The maximum atomic E-state index is 12.8. The van der Waals surface area contributed by atoms with Crippen LogP contribution in [0.1, 0.15) is 31.9 Å². The summed E-state index contributed by atoms with van der Waals surface area (Å²) < 4.78 is 0. The van der Waals surface area contributed by atoms with Gasteiger partial charge in [0.15, 0.2) is 0 Å². The number of thioether (sulfide) groups is 1. The Morgan fingerprint density at radius 2 is 1.67 bits per heavy atom. The number of aliphatic carboxylic acids is 2. The molecule has 0 aliphatic heterocycles. The summed E-state index contributed by atoms with van der Waals surface area (Å²) in [6.45, 7) is 1.28. The van der Waals surface area contributed by atoms with E-state index >= 15 is 0 Å². The molecular weight excluding hydrogens is 456 g/mol. The van der Waals surface area contributed by atoms with Crippen LogP contribution in [-0.2, 0) is 30.4 Å². The molecule has 0 aromatic carbocycles. The molecule has 0 spiro atoms. The van der Waals surface area contributed by atoms with E-state index in [1.807, 2.05) is 0 Å². The van der Waals surface area contributed by atoms with Crippen LogP contribution in [0.25, 0.3) is 0 Å². The second-order valence-electron chi connectivity index (χ2n) is 7.29. The van der Waals surface area contributed by atoms with Crippen molar-refractivity contribution in [3.63, 3.8) is 0 Å². The Kier molecular flexibility index (Phi) is 11.9. The third-order valence-corrected chi connectivity index (χ3v) is 5.23. The zero-order valence-electron chi connectivity index (χ0n) is 18.4. The number of hydrogen-bond donors (Lipinski definition) is 7. The van der Waals surface area contributed by atoms with Gasteiger partial charge in [-0.1, -0.05) is 0 Å². The van der Waals surface area contributed by atoms with Crippen molar-refractivity contribution in [3.05, 3.63) is 18.2 Å². The number of aromatic nitrogens is 2. The Morgan fingerprint density at radius 1 is 1.06 bits per heavy atom. The molecule has 1 rings (SSSR count). The number of nitrogens with two attached hydrogens (primary N) is 1. The number of rotatable bonds is 15. The van der Waals surface area contributed by atoms with E-state index in [4.69, 9.17) is 15.9 Å². The predicted molar refractivity (Wildman–Crippen MR) is 119 cm³/mol. The van der Waals surface area contributed by atoms with Gasteiger partial charge >= 0.3 is 11.9 Å². The first kappa shape index (κ1) is 27.9. The van der Waals surface area contributed by atoms with Gasteiger partial charge in [0.25, 0.3) is 0 Å². The number of carbonyl (C=O) groups excluding carboxylic acids is 3. The molecule has 0 fully saturated rings. The summed E-state index contributed by atoms with van der Waals surface area (Å²) in [4.78, 5) is 66.5. The number of amides is 3. The molecule has 3 amide bonds. The standard InChI is InChI=1S/C19H30N6O7S/c1-10(19(31)32)23-17(29)14(5-6-33-2)25-18(30)13(3-4-15(26)27)24-16(28)12(20)7-11-8-21-9-22-11/h8-10,12-14H,3-7,20H2,1-2H3,(H,21,22)(H,23,29)(H,24,28)(H,25,30)(H,26,27)(H,31,32). The quantitative estimate of drug-likeness (QED) is 0.151. The highest BCUT2D eigenvalue weighted by atomic mass is 32.2. The van der Waals surface area contributed by atoms with Gasteiger partial charge in [-0.05, 0) is 31.8 Å². The lowest BCUT2D eigenvalue weighted by atomic mass is 10.1. The van der Waals surface area contributed by atoms with Crippen molar-refractivity contribution in [2.75, 3.05) is 12.0 Å². The molecule has 184 valence electrons. The first-order valence-electron chi connectivity index (χ1n) is 10.1. The molecule has 33 heavy (non-hydrogen) atoms. The van der Waals surface area contributed by atoms with Crippen LogP contribution in [0.4, 0.5) is 0 Å². The number of carboxylic acid groups (broad SMARTS) is 2. The van der Waals surface area contributed by atoms with Crippen molar-refractivity contribution in [2.45, 2.75) is 56.8 Å². The Labute approximate surface area is 194 Å². The lowest BCUT2D eigenvalue weighted by Gasteiger charge is -2.24. The van der Waals surface area contributed by atoms with Crippen LogP contribution in [-0.4, -0.2) is 86.0 Å². The van der Waals surface area contributed by atoms with E-state index in [2.05, 4.69) is 25.9 Å². The average Bonchev–Trinajstić information content (AvgIpc) is 3.26. The average molecular weight is 487 g/mol. The van der Waals surface area contributed by atoms with Gasteiger partial charge in [-0.15, -0.1) is 0 Å². The smallest absolute Gasteiger partial charge is 0.325 e. The second-order valence-corrected chi connectivity index (χ2v) is 8.28. The van der Waals surface area contributed by atoms with E-state index < -0.39 is 60.2 Å². The molecule has 1 aromatic rings. The van der Waals surface area contributed by atoms with E-state index in [1.165, 1.54) is 31.2 Å². The zero-order chi connectivity index (χ0) is 25.0. The van der Waals surface area contributed by atoms with Gasteiger partial charge < -0.3 is 36.9 Å². The second kappa shape index (κ2) is 14.1. The summed E-state index contributed by atoms with van der Waals surface area (Å²) >= 11 is 1.42. The fourth-order valence-electron chi connectivity index (χ4n) is 2.69. The minimum atomic E-state index is -1.26. The fraction of sp³-hybridized carbons (Fsp3) is 0.579. The molecule has 1 aromatic heterocycles. The Balaban J connectivity index is 2.89. The van der Waals surface area contributed by atoms with Crippen molar-refractivity contribution in [3.8, 4) is 0 Å². The summed E-state index contributed by atoms with van der Waals surface area (Å²) in [5, 5.41) is 25.2. The number of nitrogens with one attached hydrogen (secondary N) is 4. The largest absolute Gasteiger partial charge is 0.481 e. The van der Waals surface area contributed by atoms with Crippen molar-refractivity contribution in [2.24, 2.45) is 5.73 Å². The first-order valence-corrected chi connectivity index (χ1v) is 11.5. The molecule has 4 unspecified atom stereocenters. The summed E-state index contributed by atoms with van der Waals surface area (Å²) in [5.41, 5.74) is 6.48. The number of hydrogen-bond acceptors (Lipinski definition) is 8. The van der Waals surface area contributed by atoms with Crippen molar-refractivity contribution in [1.29, 1.82) is 0 Å². The topological polar surface area (TPSA) is 217 Å². The van der Waals surface area contributed by atoms with Crippen LogP contribution in [0.2, 0.25) is 0 Å². The van der Waals surface area contributed by atoms with Crippen molar-refractivity contribution < 1.29 is 34.2 Å². The van der Waals surface area contributed by atoms with E-state index in [0.717, 1.165) is 0 Å². The Bertz CT molecular complexity index is 820. The monoisotopic (exact) mass is 486 g/mol. The van der Waals surface area contributed by atoms with Gasteiger partial charge in [0, 0.05) is 24.7 Å². The third-order valence-electron chi connectivity index (χ3n) is 4.58. The molecule has 4 atom stereocenters. The summed E-state index contributed by atoms with van der Waals surface area (Å²) in [5.74, 6) is -4.08. The number of carboxylic acids is 2. The summed E-state index contributed by atoms with van der Waals surface area (Å²) in [6.07, 6.45) is 4.39. The lowest BCUT2D eigenvalue weighted by molar-refractivity contribution is -0.141. The van der Waals surface area contributed by atoms with Crippen molar-refractivity contribution >= 4 is 41.4 Å². The summed E-state index contributed by atoms with van der Waals surface area (Å²) in [6, 6.07) is -4.54. The van der Waals surface area contributed by atoms with Crippen LogP contribution in [0.5, 0.6) is 0 Å². The van der Waals surface area contributed by atoms with Gasteiger partial charge in [-0.25, -0.2) is 4.98 Å². The minimum absolute atomic E-state index is 0.116. The minimum Gasteiger partial charge on any atom is -0.481 e. The van der Waals surface area contributed by atoms with Crippen LogP contribution in [0.15, 0.2) is 12.5 Å². The van der Waals surface area contributed by atoms with Crippen LogP contribution in [0, 0.1) is 0 Å². The molecule has 0 saturated carbocycles. The molecule has 8 N–H and O–H groups in total. The lowest BCUT2D eigenvalue weighted by Crippen LogP contribution is -2.57. The van der Waals surface area contributed by atoms with Crippen molar-refractivity contribution in [1.82, 2.24) is 25.9 Å². The molecule has 13 nitrogen and oxygen atoms in total. The number of H-pyrrole nitrogens is 1. The summed E-state index contributed by atoms with van der Waals surface area (Å²) in [7, 11) is 0. The third kappa shape index (κ3) is 10.4. The maximum absolute atomic E-state index is 12.8. The number of aromatic amines is 1.